The van der Waals surface area contributed by atoms with Crippen molar-refractivity contribution in [3.05, 3.63) is 63.6 Å². The van der Waals surface area contributed by atoms with Gasteiger partial charge in [0.2, 0.25) is 15.9 Å². The minimum atomic E-state index is -3.99. The number of rotatable bonds is 6. The Morgan fingerprint density at radius 2 is 1.92 bits per heavy atom. The fourth-order valence-corrected chi connectivity index (χ4v) is 3.96. The first-order valence-electron chi connectivity index (χ1n) is 7.47. The number of nitriles is 1. The first-order valence-corrected chi connectivity index (χ1v) is 9.71. The molecular formula is C17H15Cl2N3O3S. The van der Waals surface area contributed by atoms with E-state index in [0.717, 1.165) is 0 Å². The molecule has 26 heavy (non-hydrogen) atoms. The number of nitrogens with one attached hydrogen (secondary N) is 2. The van der Waals surface area contributed by atoms with Crippen molar-refractivity contribution in [1.29, 1.82) is 5.26 Å². The van der Waals surface area contributed by atoms with Crippen molar-refractivity contribution in [2.45, 2.75) is 17.9 Å². The van der Waals surface area contributed by atoms with Crippen LogP contribution in [0.5, 0.6) is 0 Å². The molecule has 6 nitrogen and oxygen atoms in total. The number of benzene rings is 2. The molecule has 0 radical (unpaired) electrons. The van der Waals surface area contributed by atoms with Crippen LogP contribution >= 0.6 is 23.2 Å². The average Bonchev–Trinajstić information content (AvgIpc) is 2.60. The van der Waals surface area contributed by atoms with E-state index in [4.69, 9.17) is 28.5 Å². The highest BCUT2D eigenvalue weighted by Crippen LogP contribution is 2.26. The maximum atomic E-state index is 12.3. The van der Waals surface area contributed by atoms with Gasteiger partial charge in [0.1, 0.15) is 6.07 Å². The zero-order chi connectivity index (χ0) is 19.3. The summed E-state index contributed by atoms with van der Waals surface area (Å²) in [5.74, 6) is -0.540. The molecule has 1 atom stereocenters. The number of hydrogen-bond acceptors (Lipinski definition) is 4. The molecule has 0 saturated heterocycles. The molecule has 0 aliphatic carbocycles. The summed E-state index contributed by atoms with van der Waals surface area (Å²) in [5, 5.41) is 12.5. The Bertz CT molecular complexity index is 971. The van der Waals surface area contributed by atoms with Crippen molar-refractivity contribution in [3.63, 3.8) is 0 Å². The van der Waals surface area contributed by atoms with E-state index >= 15 is 0 Å². The minimum Gasteiger partial charge on any atom is -0.348 e. The molecule has 2 aromatic rings. The largest absolute Gasteiger partial charge is 0.348 e. The number of hydrogen-bond donors (Lipinski definition) is 2. The monoisotopic (exact) mass is 411 g/mol. The Morgan fingerprint density at radius 1 is 1.23 bits per heavy atom. The van der Waals surface area contributed by atoms with E-state index in [9.17, 15) is 13.2 Å². The van der Waals surface area contributed by atoms with Crippen molar-refractivity contribution in [2.24, 2.45) is 0 Å². The zero-order valence-electron chi connectivity index (χ0n) is 13.7. The smallest absolute Gasteiger partial charge is 0.242 e. The lowest BCUT2D eigenvalue weighted by molar-refractivity contribution is -0.120. The van der Waals surface area contributed by atoms with Crippen LogP contribution in [0.25, 0.3) is 0 Å². The van der Waals surface area contributed by atoms with Crippen LogP contribution < -0.4 is 10.0 Å². The van der Waals surface area contributed by atoms with E-state index in [1.54, 1.807) is 31.2 Å². The molecule has 1 amide bonds. The Hall–Kier alpha value is -2.11. The second-order valence-electron chi connectivity index (χ2n) is 5.39. The van der Waals surface area contributed by atoms with Crippen molar-refractivity contribution in [1.82, 2.24) is 10.0 Å². The summed E-state index contributed by atoms with van der Waals surface area (Å²) >= 11 is 11.9. The van der Waals surface area contributed by atoms with Gasteiger partial charge in [0.15, 0.2) is 0 Å². The maximum absolute atomic E-state index is 12.3. The maximum Gasteiger partial charge on any atom is 0.242 e. The Labute approximate surface area is 161 Å². The van der Waals surface area contributed by atoms with Gasteiger partial charge in [-0.15, -0.1) is 0 Å². The first kappa shape index (κ1) is 20.2. The quantitative estimate of drug-likeness (QED) is 0.762. The van der Waals surface area contributed by atoms with Crippen LogP contribution in [0.15, 0.2) is 47.4 Å². The topological polar surface area (TPSA) is 99.1 Å². The summed E-state index contributed by atoms with van der Waals surface area (Å²) < 4.78 is 26.8. The summed E-state index contributed by atoms with van der Waals surface area (Å²) in [6, 6.07) is 12.0. The SMILES string of the molecule is C[C@@H](NC(=O)CNS(=O)(=O)c1ccccc1C#N)c1ccc(Cl)cc1Cl. The van der Waals surface area contributed by atoms with Crippen LogP contribution in [-0.2, 0) is 14.8 Å². The molecule has 0 aromatic heterocycles. The highest BCUT2D eigenvalue weighted by Gasteiger charge is 2.20. The Balaban J connectivity index is 2.03. The number of carbonyl (C=O) groups excluding carboxylic acids is 1. The molecular weight excluding hydrogens is 397 g/mol. The molecule has 2 aromatic carbocycles. The van der Waals surface area contributed by atoms with Crippen LogP contribution in [0, 0.1) is 11.3 Å². The van der Waals surface area contributed by atoms with Crippen LogP contribution in [-0.4, -0.2) is 20.9 Å². The Morgan fingerprint density at radius 3 is 2.58 bits per heavy atom. The second kappa shape index (κ2) is 8.52. The van der Waals surface area contributed by atoms with Gasteiger partial charge < -0.3 is 5.32 Å². The normalized spacial score (nSPS) is 12.2. The summed E-state index contributed by atoms with van der Waals surface area (Å²) in [6.45, 7) is 1.24. The molecule has 0 unspecified atom stereocenters. The van der Waals surface area contributed by atoms with Gasteiger partial charge in [-0.1, -0.05) is 41.4 Å². The van der Waals surface area contributed by atoms with E-state index in [2.05, 4.69) is 10.0 Å². The lowest BCUT2D eigenvalue weighted by atomic mass is 10.1. The van der Waals surface area contributed by atoms with Gasteiger partial charge in [0, 0.05) is 10.0 Å². The van der Waals surface area contributed by atoms with E-state index < -0.39 is 28.5 Å². The van der Waals surface area contributed by atoms with Crippen molar-refractivity contribution < 1.29 is 13.2 Å². The van der Waals surface area contributed by atoms with E-state index in [0.29, 0.717) is 15.6 Å². The van der Waals surface area contributed by atoms with Gasteiger partial charge in [-0.05, 0) is 36.8 Å². The molecule has 0 aliphatic heterocycles. The summed E-state index contributed by atoms with van der Waals surface area (Å²) in [6.07, 6.45) is 0. The molecule has 0 spiro atoms. The van der Waals surface area contributed by atoms with E-state index in [1.165, 1.54) is 18.2 Å². The Kier molecular flexibility index (Phi) is 6.62. The predicted molar refractivity (Wildman–Crippen MR) is 99.4 cm³/mol. The van der Waals surface area contributed by atoms with Gasteiger partial charge in [0.05, 0.1) is 23.0 Å². The van der Waals surface area contributed by atoms with E-state index in [1.807, 2.05) is 6.07 Å². The number of amides is 1. The lowest BCUT2D eigenvalue weighted by Gasteiger charge is -2.16. The molecule has 136 valence electrons. The average molecular weight is 412 g/mol. The van der Waals surface area contributed by atoms with Gasteiger partial charge in [-0.25, -0.2) is 13.1 Å². The molecule has 9 heteroatoms. The van der Waals surface area contributed by atoms with Crippen molar-refractivity contribution in [2.75, 3.05) is 6.54 Å². The third-order valence-electron chi connectivity index (χ3n) is 3.53. The molecule has 0 aliphatic rings. The fourth-order valence-electron chi connectivity index (χ4n) is 2.25. The van der Waals surface area contributed by atoms with Crippen LogP contribution in [0.2, 0.25) is 10.0 Å². The molecule has 0 heterocycles. The zero-order valence-corrected chi connectivity index (χ0v) is 16.0. The molecule has 0 fully saturated rings. The molecule has 2 rings (SSSR count). The van der Waals surface area contributed by atoms with Crippen molar-refractivity contribution >= 4 is 39.1 Å². The number of halogens is 2. The third kappa shape index (κ3) is 4.96. The van der Waals surface area contributed by atoms with Gasteiger partial charge >= 0.3 is 0 Å². The van der Waals surface area contributed by atoms with Crippen molar-refractivity contribution in [3.8, 4) is 6.07 Å². The highest BCUT2D eigenvalue weighted by molar-refractivity contribution is 7.89. The third-order valence-corrected chi connectivity index (χ3v) is 5.55. The van der Waals surface area contributed by atoms with Crippen LogP contribution in [0.1, 0.15) is 24.1 Å². The predicted octanol–water partition coefficient (Wildman–Crippen LogP) is 3.02. The van der Waals surface area contributed by atoms with Gasteiger partial charge in [0.25, 0.3) is 0 Å². The van der Waals surface area contributed by atoms with Gasteiger partial charge in [-0.2, -0.15) is 5.26 Å². The van der Waals surface area contributed by atoms with Crippen LogP contribution in [0.4, 0.5) is 0 Å². The minimum absolute atomic E-state index is 0.00159. The molecule has 2 N–H and O–H groups in total. The first-order chi connectivity index (χ1) is 12.2. The standard InChI is InChI=1S/C17H15Cl2N3O3S/c1-11(14-7-6-13(18)8-15(14)19)22-17(23)10-21-26(24,25)16-5-3-2-4-12(16)9-20/h2-8,11,21H,10H2,1H3,(H,22,23)/t11-/m1/s1. The number of nitrogens with zero attached hydrogens (tertiary/aromatic N) is 1. The second-order valence-corrected chi connectivity index (χ2v) is 7.97. The molecule has 0 bridgehead atoms. The van der Waals surface area contributed by atoms with Crippen LogP contribution in [0.3, 0.4) is 0 Å². The fraction of sp³-hybridized carbons (Fsp3) is 0.176. The molecule has 0 saturated carbocycles. The number of carbonyl (C=O) groups is 1. The summed E-state index contributed by atoms with van der Waals surface area (Å²) in [5.41, 5.74) is 0.656. The van der Waals surface area contributed by atoms with E-state index in [-0.39, 0.29) is 10.5 Å². The summed E-state index contributed by atoms with van der Waals surface area (Å²) in [4.78, 5) is 11.9. The van der Waals surface area contributed by atoms with Gasteiger partial charge in [-0.3, -0.25) is 4.79 Å². The summed E-state index contributed by atoms with van der Waals surface area (Å²) in [7, 11) is -3.99. The lowest BCUT2D eigenvalue weighted by Crippen LogP contribution is -2.38. The highest BCUT2D eigenvalue weighted by atomic mass is 35.5. The number of sulfonamides is 1.